The van der Waals surface area contributed by atoms with Crippen LogP contribution in [0.5, 0.6) is 0 Å². The van der Waals surface area contributed by atoms with Gasteiger partial charge in [0.15, 0.2) is 6.10 Å². The van der Waals surface area contributed by atoms with Gasteiger partial charge in [-0.25, -0.2) is 0 Å². The summed E-state index contributed by atoms with van der Waals surface area (Å²) in [5.41, 5.74) is 5.18. The maximum absolute atomic E-state index is 12.6. The van der Waals surface area contributed by atoms with E-state index in [0.717, 1.165) is 33.4 Å². The lowest BCUT2D eigenvalue weighted by Crippen LogP contribution is -2.47. The Balaban J connectivity index is 2.10. The minimum atomic E-state index is -4.52. The zero-order valence-corrected chi connectivity index (χ0v) is 16.0. The number of alkyl halides is 3. The summed E-state index contributed by atoms with van der Waals surface area (Å²) in [5, 5.41) is 12.4. The number of halogens is 4. The number of nitrogens with two attached hydrogens (primary N) is 1. The van der Waals surface area contributed by atoms with Crippen molar-refractivity contribution >= 4 is 34.4 Å². The maximum atomic E-state index is 12.6. The SMILES string of the molecule is NC(=O)[C@@H](Cc1ccccc1I)NC(=O)[C@@H](O)c1ccc(C(F)(F)F)cc1. The number of carbonyl (C=O) groups is 2. The molecule has 0 radical (unpaired) electrons. The van der Waals surface area contributed by atoms with Gasteiger partial charge in [-0.1, -0.05) is 30.3 Å². The third-order valence-electron chi connectivity index (χ3n) is 3.84. The van der Waals surface area contributed by atoms with Gasteiger partial charge in [0.1, 0.15) is 6.04 Å². The molecule has 0 saturated carbocycles. The number of rotatable bonds is 6. The van der Waals surface area contributed by atoms with Gasteiger partial charge in [0, 0.05) is 9.99 Å². The summed E-state index contributed by atoms with van der Waals surface area (Å²) in [5.74, 6) is -1.72. The average Bonchev–Trinajstić information content (AvgIpc) is 2.61. The molecule has 0 bridgehead atoms. The van der Waals surface area contributed by atoms with E-state index >= 15 is 0 Å². The second kappa shape index (κ2) is 8.70. The van der Waals surface area contributed by atoms with Crippen molar-refractivity contribution in [3.05, 3.63) is 68.8 Å². The summed E-state index contributed by atoms with van der Waals surface area (Å²) in [4.78, 5) is 23.9. The number of hydrogen-bond donors (Lipinski definition) is 3. The first-order valence-corrected chi connectivity index (χ1v) is 8.86. The van der Waals surface area contributed by atoms with E-state index in [1.807, 2.05) is 12.1 Å². The molecule has 0 aliphatic carbocycles. The zero-order valence-electron chi connectivity index (χ0n) is 13.8. The molecule has 0 heterocycles. The van der Waals surface area contributed by atoms with E-state index in [9.17, 15) is 27.9 Å². The van der Waals surface area contributed by atoms with Crippen LogP contribution in [0.3, 0.4) is 0 Å². The Kier molecular flexibility index (Phi) is 6.82. The standard InChI is InChI=1S/C18H16F3IN2O3/c19-18(20,21)12-7-5-10(6-8-12)15(25)17(27)24-14(16(23)26)9-11-3-1-2-4-13(11)22/h1-8,14-15,25H,9H2,(H2,23,26)(H,24,27)/t14-,15+/m1/s1. The van der Waals surface area contributed by atoms with E-state index in [1.54, 1.807) is 12.1 Å². The molecular weight excluding hydrogens is 476 g/mol. The molecule has 2 aromatic rings. The van der Waals surface area contributed by atoms with Crippen LogP contribution in [-0.2, 0) is 22.2 Å². The second-order valence-corrected chi connectivity index (χ2v) is 6.94. The van der Waals surface area contributed by atoms with Crippen LogP contribution in [0.4, 0.5) is 13.2 Å². The van der Waals surface area contributed by atoms with Gasteiger partial charge in [-0.3, -0.25) is 9.59 Å². The molecule has 2 rings (SSSR count). The van der Waals surface area contributed by atoms with E-state index in [2.05, 4.69) is 27.9 Å². The normalized spacial score (nSPS) is 13.7. The van der Waals surface area contributed by atoms with Gasteiger partial charge in [-0.05, 0) is 51.9 Å². The summed E-state index contributed by atoms with van der Waals surface area (Å²) in [6, 6.07) is 9.67. The van der Waals surface area contributed by atoms with Gasteiger partial charge in [0.2, 0.25) is 5.91 Å². The Labute approximate surface area is 166 Å². The molecule has 0 fully saturated rings. The summed E-state index contributed by atoms with van der Waals surface area (Å²) < 4.78 is 38.6. The highest BCUT2D eigenvalue weighted by Gasteiger charge is 2.31. The smallest absolute Gasteiger partial charge is 0.378 e. The van der Waals surface area contributed by atoms with Crippen molar-refractivity contribution in [2.24, 2.45) is 5.73 Å². The van der Waals surface area contributed by atoms with Gasteiger partial charge in [-0.15, -0.1) is 0 Å². The predicted molar refractivity (Wildman–Crippen MR) is 100 cm³/mol. The molecule has 0 unspecified atom stereocenters. The van der Waals surface area contributed by atoms with Crippen LogP contribution < -0.4 is 11.1 Å². The topological polar surface area (TPSA) is 92.4 Å². The Bertz CT molecular complexity index is 825. The Morgan fingerprint density at radius 1 is 1.11 bits per heavy atom. The molecule has 27 heavy (non-hydrogen) atoms. The molecule has 0 saturated heterocycles. The molecule has 0 spiro atoms. The van der Waals surface area contributed by atoms with Crippen molar-refractivity contribution in [1.29, 1.82) is 0 Å². The molecule has 9 heteroatoms. The number of aliphatic hydroxyl groups is 1. The lowest BCUT2D eigenvalue weighted by atomic mass is 10.0. The first kappa shape index (κ1) is 21.2. The lowest BCUT2D eigenvalue weighted by Gasteiger charge is -2.19. The fourth-order valence-electron chi connectivity index (χ4n) is 2.36. The molecule has 5 nitrogen and oxygen atoms in total. The van der Waals surface area contributed by atoms with Crippen LogP contribution in [0.25, 0.3) is 0 Å². The van der Waals surface area contributed by atoms with Crippen molar-refractivity contribution in [2.45, 2.75) is 24.7 Å². The number of aliphatic hydroxyl groups excluding tert-OH is 1. The number of hydrogen-bond acceptors (Lipinski definition) is 3. The monoisotopic (exact) mass is 492 g/mol. The summed E-state index contributed by atoms with van der Waals surface area (Å²) in [6.45, 7) is 0. The molecule has 2 amide bonds. The third-order valence-corrected chi connectivity index (χ3v) is 4.90. The van der Waals surface area contributed by atoms with Crippen molar-refractivity contribution in [3.8, 4) is 0 Å². The molecule has 2 atom stereocenters. The number of primary amides is 1. The van der Waals surface area contributed by atoms with Crippen molar-refractivity contribution in [1.82, 2.24) is 5.32 Å². The molecule has 2 aromatic carbocycles. The minimum absolute atomic E-state index is 0.0296. The minimum Gasteiger partial charge on any atom is -0.378 e. The third kappa shape index (κ3) is 5.67. The molecular formula is C18H16F3IN2O3. The summed E-state index contributed by atoms with van der Waals surface area (Å²) in [7, 11) is 0. The highest BCUT2D eigenvalue weighted by Crippen LogP contribution is 2.30. The van der Waals surface area contributed by atoms with E-state index in [4.69, 9.17) is 5.73 Å². The van der Waals surface area contributed by atoms with E-state index < -0.39 is 35.7 Å². The highest BCUT2D eigenvalue weighted by molar-refractivity contribution is 14.1. The highest BCUT2D eigenvalue weighted by atomic mass is 127. The number of nitrogens with one attached hydrogen (secondary N) is 1. The average molecular weight is 492 g/mol. The van der Waals surface area contributed by atoms with Crippen LogP contribution in [0.15, 0.2) is 48.5 Å². The molecule has 0 aliphatic rings. The first-order chi connectivity index (χ1) is 12.6. The second-order valence-electron chi connectivity index (χ2n) is 5.78. The fraction of sp³-hybridized carbons (Fsp3) is 0.222. The maximum Gasteiger partial charge on any atom is 0.416 e. The van der Waals surface area contributed by atoms with Gasteiger partial charge >= 0.3 is 6.18 Å². The predicted octanol–water partition coefficient (Wildman–Crippen LogP) is 2.56. The lowest BCUT2D eigenvalue weighted by molar-refractivity contribution is -0.137. The molecule has 144 valence electrons. The van der Waals surface area contributed by atoms with Crippen molar-refractivity contribution in [2.75, 3.05) is 0 Å². The zero-order chi connectivity index (χ0) is 20.2. The molecule has 4 N–H and O–H groups in total. The van der Waals surface area contributed by atoms with Crippen molar-refractivity contribution < 1.29 is 27.9 Å². The van der Waals surface area contributed by atoms with Gasteiger partial charge in [0.05, 0.1) is 5.56 Å². The number of carbonyl (C=O) groups excluding carboxylic acids is 2. The van der Waals surface area contributed by atoms with Crippen LogP contribution in [0.2, 0.25) is 0 Å². The van der Waals surface area contributed by atoms with Crippen molar-refractivity contribution in [3.63, 3.8) is 0 Å². The Hall–Kier alpha value is -2.14. The van der Waals surface area contributed by atoms with Gasteiger partial charge in [-0.2, -0.15) is 13.2 Å². The fourth-order valence-corrected chi connectivity index (χ4v) is 2.97. The summed E-state index contributed by atoms with van der Waals surface area (Å²) >= 11 is 2.08. The van der Waals surface area contributed by atoms with E-state index in [0.29, 0.717) is 0 Å². The Morgan fingerprint density at radius 2 is 1.70 bits per heavy atom. The van der Waals surface area contributed by atoms with E-state index in [1.165, 1.54) is 0 Å². The van der Waals surface area contributed by atoms with Crippen LogP contribution in [0, 0.1) is 3.57 Å². The quantitative estimate of drug-likeness (QED) is 0.542. The van der Waals surface area contributed by atoms with Crippen LogP contribution >= 0.6 is 22.6 Å². The molecule has 0 aliphatic heterocycles. The number of amides is 2. The summed E-state index contributed by atoms with van der Waals surface area (Å²) in [6.07, 6.45) is -6.13. The van der Waals surface area contributed by atoms with Crippen LogP contribution in [0.1, 0.15) is 22.8 Å². The largest absolute Gasteiger partial charge is 0.416 e. The van der Waals surface area contributed by atoms with E-state index in [-0.39, 0.29) is 12.0 Å². The molecule has 0 aromatic heterocycles. The van der Waals surface area contributed by atoms with Crippen LogP contribution in [-0.4, -0.2) is 23.0 Å². The first-order valence-electron chi connectivity index (χ1n) is 7.78. The van der Waals surface area contributed by atoms with Gasteiger partial charge < -0.3 is 16.2 Å². The Morgan fingerprint density at radius 3 is 2.22 bits per heavy atom. The number of benzene rings is 2. The van der Waals surface area contributed by atoms with Gasteiger partial charge in [0.25, 0.3) is 5.91 Å².